The third-order valence-electron chi connectivity index (χ3n) is 8.45. The molecule has 5 rings (SSSR count). The van der Waals surface area contributed by atoms with Gasteiger partial charge in [0.1, 0.15) is 10.8 Å². The Hall–Kier alpha value is -3.09. The van der Waals surface area contributed by atoms with Gasteiger partial charge in [0.25, 0.3) is 0 Å². The minimum Gasteiger partial charge on any atom is -0.542 e. The predicted octanol–water partition coefficient (Wildman–Crippen LogP) is 4.87. The molecule has 1 N–H and O–H groups in total. The average Bonchev–Trinajstić information content (AvgIpc) is 3.45. The zero-order valence-corrected chi connectivity index (χ0v) is 26.1. The molecule has 0 saturated heterocycles. The van der Waals surface area contributed by atoms with Gasteiger partial charge in [0, 0.05) is 30.9 Å². The quantitative estimate of drug-likeness (QED) is 0.361. The Morgan fingerprint density at radius 2 is 1.74 bits per heavy atom. The van der Waals surface area contributed by atoms with Crippen LogP contribution < -0.4 is 10.0 Å². The summed E-state index contributed by atoms with van der Waals surface area (Å²) in [4.78, 5) is 26.0. The predicted molar refractivity (Wildman–Crippen MR) is 162 cm³/mol. The molecule has 0 bridgehead atoms. The maximum absolute atomic E-state index is 11.9. The average molecular weight is 623 g/mol. The van der Waals surface area contributed by atoms with E-state index in [1.54, 1.807) is 0 Å². The van der Waals surface area contributed by atoms with E-state index in [0.717, 1.165) is 49.3 Å². The van der Waals surface area contributed by atoms with E-state index in [4.69, 9.17) is 9.90 Å². The van der Waals surface area contributed by atoms with Crippen molar-refractivity contribution in [3.05, 3.63) is 40.8 Å². The number of hydrogen-bond donors (Lipinski definition) is 1. The van der Waals surface area contributed by atoms with Crippen LogP contribution in [-0.4, -0.2) is 98.1 Å². The van der Waals surface area contributed by atoms with Crippen LogP contribution in [0.4, 0.5) is 18.9 Å². The normalized spacial score (nSPS) is 16.0. The van der Waals surface area contributed by atoms with Gasteiger partial charge >= 0.3 is 12.1 Å². The van der Waals surface area contributed by atoms with Crippen LogP contribution in [0.3, 0.4) is 0 Å². The highest BCUT2D eigenvalue weighted by atomic mass is 32.1. The van der Waals surface area contributed by atoms with E-state index in [2.05, 4.69) is 66.8 Å². The molecule has 2 aromatic heterocycles. The molecule has 0 radical (unpaired) electrons. The molecule has 3 aromatic rings. The summed E-state index contributed by atoms with van der Waals surface area (Å²) in [7, 11) is 8.95. The Kier molecular flexibility index (Phi) is 10.1. The summed E-state index contributed by atoms with van der Waals surface area (Å²) in [5.74, 6) is -3.31. The van der Waals surface area contributed by atoms with E-state index in [0.29, 0.717) is 10.8 Å². The third kappa shape index (κ3) is 7.71. The zero-order chi connectivity index (χ0) is 31.5. The maximum atomic E-state index is 11.9. The topological polar surface area (TPSA) is 88.8 Å². The van der Waals surface area contributed by atoms with Crippen LogP contribution in [0, 0.1) is 0 Å². The number of alkyl halides is 3. The number of nitrogens with zero attached hydrogens (tertiary/aromatic N) is 4. The van der Waals surface area contributed by atoms with Gasteiger partial charge < -0.3 is 33.9 Å². The number of benzene rings is 1. The van der Waals surface area contributed by atoms with Gasteiger partial charge in [-0.15, -0.1) is 11.3 Å². The molecule has 0 unspecified atom stereocenters. The van der Waals surface area contributed by atoms with E-state index in [9.17, 15) is 23.1 Å². The highest BCUT2D eigenvalue weighted by molar-refractivity contribution is 7.21. The Labute approximate surface area is 254 Å². The lowest BCUT2D eigenvalue weighted by molar-refractivity contribution is -0.888. The second-order valence-electron chi connectivity index (χ2n) is 12.4. The number of aromatic carboxylic acids is 1. The molecule has 0 spiro atoms. The maximum Gasteiger partial charge on any atom is 0.430 e. The Bertz CT molecular complexity index is 1440. The number of para-hydroxylation sites is 1. The second kappa shape index (κ2) is 13.3. The molecule has 3 heterocycles. The van der Waals surface area contributed by atoms with Crippen molar-refractivity contribution in [3.63, 3.8) is 0 Å². The molecule has 2 aliphatic rings. The molecule has 12 heteroatoms. The number of carboxylic acids is 2. The van der Waals surface area contributed by atoms with Gasteiger partial charge in [0.05, 0.1) is 49.6 Å². The number of thiophene rings is 1. The van der Waals surface area contributed by atoms with Crippen molar-refractivity contribution in [1.82, 2.24) is 9.47 Å². The van der Waals surface area contributed by atoms with Gasteiger partial charge in [-0.05, 0) is 50.6 Å². The van der Waals surface area contributed by atoms with Gasteiger partial charge in [-0.2, -0.15) is 13.2 Å². The lowest BCUT2D eigenvalue weighted by Gasteiger charge is -2.34. The van der Waals surface area contributed by atoms with Crippen LogP contribution in [0.2, 0.25) is 0 Å². The molecule has 236 valence electrons. The monoisotopic (exact) mass is 622 g/mol. The number of rotatable bonds is 8. The van der Waals surface area contributed by atoms with Crippen molar-refractivity contribution >= 4 is 39.2 Å². The molecular weight excluding hydrogens is 581 g/mol. The van der Waals surface area contributed by atoms with Crippen molar-refractivity contribution in [2.24, 2.45) is 0 Å². The molecule has 1 aliphatic carbocycles. The number of likely N-dealkylation sites (N-methyl/N-ethyl adjacent to an activating group) is 2. The van der Waals surface area contributed by atoms with Crippen LogP contribution in [0.25, 0.3) is 21.5 Å². The summed E-state index contributed by atoms with van der Waals surface area (Å²) in [6, 6.07) is 10.8. The third-order valence-corrected chi connectivity index (χ3v) is 9.60. The number of quaternary nitrogens is 1. The van der Waals surface area contributed by atoms with Gasteiger partial charge in [0.2, 0.25) is 0 Å². The summed E-state index contributed by atoms with van der Waals surface area (Å²) >= 11 is 1.48. The molecule has 1 saturated carbocycles. The molecule has 0 atom stereocenters. The fourth-order valence-electron chi connectivity index (χ4n) is 6.04. The first-order valence-electron chi connectivity index (χ1n) is 14.7. The van der Waals surface area contributed by atoms with Crippen molar-refractivity contribution in [1.29, 1.82) is 0 Å². The lowest BCUT2D eigenvalue weighted by atomic mass is 9.83. The molecule has 1 aromatic carbocycles. The van der Waals surface area contributed by atoms with Crippen LogP contribution in [0.15, 0.2) is 30.3 Å². The summed E-state index contributed by atoms with van der Waals surface area (Å²) < 4.78 is 36.2. The number of aliphatic carboxylic acids is 1. The molecule has 43 heavy (non-hydrogen) atoms. The fourth-order valence-corrected chi connectivity index (χ4v) is 7.17. The minimum atomic E-state index is -5.19. The van der Waals surface area contributed by atoms with Crippen molar-refractivity contribution in [2.75, 3.05) is 65.8 Å². The second-order valence-corrected chi connectivity index (χ2v) is 13.4. The Morgan fingerprint density at radius 3 is 2.35 bits per heavy atom. The van der Waals surface area contributed by atoms with E-state index in [1.165, 1.54) is 70.6 Å². The van der Waals surface area contributed by atoms with Gasteiger partial charge in [-0.3, -0.25) is 0 Å². The smallest absolute Gasteiger partial charge is 0.430 e. The van der Waals surface area contributed by atoms with E-state index >= 15 is 0 Å². The summed E-state index contributed by atoms with van der Waals surface area (Å²) in [5, 5.41) is 18.6. The lowest BCUT2D eigenvalue weighted by Crippen LogP contribution is -2.48. The number of carbonyl (C=O) groups is 2. The van der Waals surface area contributed by atoms with Crippen LogP contribution in [0.5, 0.6) is 0 Å². The summed E-state index contributed by atoms with van der Waals surface area (Å²) in [6.45, 7) is 6.12. The first-order chi connectivity index (χ1) is 20.2. The first kappa shape index (κ1) is 32.8. The largest absolute Gasteiger partial charge is 0.542 e. The molecule has 1 aliphatic heterocycles. The Balaban J connectivity index is 0.000000541. The molecular formula is C31H41F3N4O4S. The number of halogens is 3. The Morgan fingerprint density at radius 1 is 1.09 bits per heavy atom. The van der Waals surface area contributed by atoms with Gasteiger partial charge in [-0.25, -0.2) is 4.79 Å². The van der Waals surface area contributed by atoms with Crippen molar-refractivity contribution in [3.8, 4) is 11.3 Å². The molecule has 1 fully saturated rings. The summed E-state index contributed by atoms with van der Waals surface area (Å²) in [5.41, 5.74) is 6.52. The van der Waals surface area contributed by atoms with E-state index < -0.39 is 18.1 Å². The van der Waals surface area contributed by atoms with E-state index in [-0.39, 0.29) is 0 Å². The number of carbonyl (C=O) groups excluding carboxylic acids is 1. The molecule has 0 amide bonds. The summed E-state index contributed by atoms with van der Waals surface area (Å²) in [6.07, 6.45) is 1.06. The highest BCUT2D eigenvalue weighted by Gasteiger charge is 2.32. The number of hydrogen-bond acceptors (Lipinski definition) is 6. The fraction of sp³-hybridized carbons (Fsp3) is 0.548. The number of carboxylic acid groups (broad SMARTS) is 2. The molecule has 8 nitrogen and oxygen atoms in total. The minimum absolute atomic E-state index is 0.460. The standard InChI is InChI=1S/C29H40N4O2S.C2HF3O2/c1-30(2)16-18-33(3,4)19-17-31-14-15-32-24-20-25(29(34)35)36-28(24)26(21-10-6-5-7-11-21)27(32)22-12-8-9-13-23(22)31;3-2(4,5)1(6)7/h8-9,12-13,20-21H,5-7,10-11,14-19H2,1-4H3;(H,6,7). The van der Waals surface area contributed by atoms with E-state index in [1.807, 2.05) is 6.07 Å². The first-order valence-corrected chi connectivity index (χ1v) is 15.5. The van der Waals surface area contributed by atoms with Crippen LogP contribution in [-0.2, 0) is 11.3 Å². The van der Waals surface area contributed by atoms with Crippen molar-refractivity contribution in [2.45, 2.75) is 50.7 Å². The number of anilines is 1. The van der Waals surface area contributed by atoms with Crippen LogP contribution in [0.1, 0.15) is 53.3 Å². The van der Waals surface area contributed by atoms with Crippen LogP contribution >= 0.6 is 11.3 Å². The SMILES string of the molecule is CN(C)CC[N+](C)(C)CCN1CCn2c(c(C3CCCCC3)c3sc(C(=O)O)cc32)-c2ccccc21.O=C([O-])C(F)(F)F. The van der Waals surface area contributed by atoms with Gasteiger partial charge in [-0.1, -0.05) is 37.5 Å². The van der Waals surface area contributed by atoms with Gasteiger partial charge in [0.15, 0.2) is 0 Å². The number of aromatic nitrogens is 1. The highest BCUT2D eigenvalue weighted by Crippen LogP contribution is 2.49. The zero-order valence-electron chi connectivity index (χ0n) is 25.2. The number of fused-ring (bicyclic) bond motifs is 5. The van der Waals surface area contributed by atoms with Crippen molar-refractivity contribution < 1.29 is 37.5 Å².